The molecule has 0 spiro atoms. The van der Waals surface area contributed by atoms with Gasteiger partial charge in [0.1, 0.15) is 0 Å². The van der Waals surface area contributed by atoms with Crippen LogP contribution in [0.2, 0.25) is 0 Å². The lowest BCUT2D eigenvalue weighted by atomic mass is 9.87. The Bertz CT molecular complexity index is 901. The summed E-state index contributed by atoms with van der Waals surface area (Å²) < 4.78 is 1.87. The topological polar surface area (TPSA) is 38.1 Å². The van der Waals surface area contributed by atoms with Gasteiger partial charge in [-0.25, -0.2) is 0 Å². The van der Waals surface area contributed by atoms with Gasteiger partial charge in [-0.3, -0.25) is 9.48 Å². The van der Waals surface area contributed by atoms with Crippen LogP contribution in [0.3, 0.4) is 0 Å². The Balaban J connectivity index is 1.56. The van der Waals surface area contributed by atoms with Crippen molar-refractivity contribution in [3.05, 3.63) is 89.2 Å². The van der Waals surface area contributed by atoms with Crippen molar-refractivity contribution in [3.63, 3.8) is 0 Å². The number of benzene rings is 2. The summed E-state index contributed by atoms with van der Waals surface area (Å²) in [6.45, 7) is 0.671. The number of hydrogen-bond acceptors (Lipinski definition) is 2. The zero-order valence-corrected chi connectivity index (χ0v) is 15.0. The molecule has 0 radical (unpaired) electrons. The third-order valence-corrected chi connectivity index (χ3v) is 5.20. The van der Waals surface area contributed by atoms with Crippen LogP contribution in [-0.4, -0.2) is 27.6 Å². The van der Waals surface area contributed by atoms with Crippen molar-refractivity contribution < 1.29 is 4.79 Å². The molecule has 0 saturated carbocycles. The average Bonchev–Trinajstić information content (AvgIpc) is 3.19. The molecule has 26 heavy (non-hydrogen) atoms. The van der Waals surface area contributed by atoms with Crippen LogP contribution >= 0.6 is 0 Å². The highest BCUT2D eigenvalue weighted by molar-refractivity contribution is 5.94. The summed E-state index contributed by atoms with van der Waals surface area (Å²) in [4.78, 5) is 15.0. The van der Waals surface area contributed by atoms with Crippen LogP contribution in [0.5, 0.6) is 0 Å². The highest BCUT2D eigenvalue weighted by Crippen LogP contribution is 2.34. The van der Waals surface area contributed by atoms with Gasteiger partial charge in [0.15, 0.2) is 0 Å². The minimum Gasteiger partial charge on any atom is -0.335 e. The molecule has 1 aromatic heterocycles. The number of nitrogens with zero attached hydrogens (tertiary/aromatic N) is 3. The summed E-state index contributed by atoms with van der Waals surface area (Å²) in [6, 6.07) is 18.4. The lowest BCUT2D eigenvalue weighted by Crippen LogP contribution is -2.33. The molecule has 1 amide bonds. The third-order valence-electron chi connectivity index (χ3n) is 5.20. The number of hydrogen-bond donors (Lipinski definition) is 0. The zero-order chi connectivity index (χ0) is 17.9. The average molecular weight is 345 g/mol. The highest BCUT2D eigenvalue weighted by Gasteiger charge is 2.27. The first-order chi connectivity index (χ1) is 12.7. The molecule has 3 aromatic rings. The second-order valence-electron chi connectivity index (χ2n) is 6.93. The van der Waals surface area contributed by atoms with Crippen LogP contribution in [0, 0.1) is 0 Å². The molecular weight excluding hydrogens is 322 g/mol. The molecule has 1 aliphatic rings. The van der Waals surface area contributed by atoms with Gasteiger partial charge < -0.3 is 4.90 Å². The molecule has 0 bridgehead atoms. The summed E-state index contributed by atoms with van der Waals surface area (Å²) in [6.07, 6.45) is 6.95. The van der Waals surface area contributed by atoms with E-state index in [-0.39, 0.29) is 11.9 Å². The van der Waals surface area contributed by atoms with Gasteiger partial charge in [0, 0.05) is 25.0 Å². The highest BCUT2D eigenvalue weighted by atomic mass is 16.2. The first-order valence-corrected chi connectivity index (χ1v) is 9.14. The quantitative estimate of drug-likeness (QED) is 0.714. The maximum atomic E-state index is 13.1. The van der Waals surface area contributed by atoms with Gasteiger partial charge in [-0.15, -0.1) is 0 Å². The summed E-state index contributed by atoms with van der Waals surface area (Å²) in [5, 5.41) is 4.24. The van der Waals surface area contributed by atoms with Crippen LogP contribution in [0.1, 0.15) is 45.9 Å². The second kappa shape index (κ2) is 7.16. The van der Waals surface area contributed by atoms with Crippen LogP contribution < -0.4 is 0 Å². The lowest BCUT2D eigenvalue weighted by molar-refractivity contribution is 0.0715. The van der Waals surface area contributed by atoms with Crippen LogP contribution in [-0.2, 0) is 13.0 Å². The largest absolute Gasteiger partial charge is 0.335 e. The van der Waals surface area contributed by atoms with Crippen LogP contribution in [0.25, 0.3) is 0 Å². The Kier molecular flexibility index (Phi) is 4.57. The Morgan fingerprint density at radius 1 is 1.19 bits per heavy atom. The zero-order valence-electron chi connectivity index (χ0n) is 15.0. The van der Waals surface area contributed by atoms with E-state index in [2.05, 4.69) is 29.4 Å². The van der Waals surface area contributed by atoms with Gasteiger partial charge >= 0.3 is 0 Å². The van der Waals surface area contributed by atoms with Crippen molar-refractivity contribution >= 4 is 5.91 Å². The normalized spacial score (nSPS) is 16.1. The first-order valence-electron chi connectivity index (χ1n) is 9.14. The van der Waals surface area contributed by atoms with E-state index in [1.54, 1.807) is 6.20 Å². The monoisotopic (exact) mass is 345 g/mol. The van der Waals surface area contributed by atoms with Crippen molar-refractivity contribution in [2.24, 2.45) is 0 Å². The van der Waals surface area contributed by atoms with E-state index >= 15 is 0 Å². The number of aryl methyl sites for hydroxylation is 1. The number of carbonyl (C=O) groups is 1. The molecule has 4 heteroatoms. The number of amides is 1. The predicted octanol–water partition coefficient (Wildman–Crippen LogP) is 4.08. The molecule has 0 saturated heterocycles. The van der Waals surface area contributed by atoms with Crippen molar-refractivity contribution in [1.82, 2.24) is 14.7 Å². The molecule has 132 valence electrons. The van der Waals surface area contributed by atoms with Crippen LogP contribution in [0.4, 0.5) is 0 Å². The fraction of sp³-hybridized carbons (Fsp3) is 0.273. The first kappa shape index (κ1) is 16.6. The Morgan fingerprint density at radius 2 is 2.08 bits per heavy atom. The molecule has 4 nitrogen and oxygen atoms in total. The fourth-order valence-corrected chi connectivity index (χ4v) is 3.86. The molecule has 4 rings (SSSR count). The summed E-state index contributed by atoms with van der Waals surface area (Å²) >= 11 is 0. The molecule has 0 aliphatic heterocycles. The molecule has 2 aromatic carbocycles. The number of rotatable bonds is 4. The lowest BCUT2D eigenvalue weighted by Gasteiger charge is -2.33. The molecule has 1 atom stereocenters. The van der Waals surface area contributed by atoms with E-state index in [1.165, 1.54) is 11.1 Å². The standard InChI is InChI=1S/C22H23N3O/c1-24(21-12-5-9-18-8-2-3-11-20(18)21)22(26)19-10-4-7-17(15-19)16-25-14-6-13-23-25/h2-4,6-8,10-11,13-15,21H,5,9,12,16H2,1H3. The molecule has 1 unspecified atom stereocenters. The van der Waals surface area contributed by atoms with Crippen molar-refractivity contribution in [1.29, 1.82) is 0 Å². The van der Waals surface area contributed by atoms with Crippen LogP contribution in [0.15, 0.2) is 67.0 Å². The van der Waals surface area contributed by atoms with E-state index in [0.717, 1.165) is 30.4 Å². The Hall–Kier alpha value is -2.88. The third kappa shape index (κ3) is 3.27. The molecule has 1 aliphatic carbocycles. The summed E-state index contributed by atoms with van der Waals surface area (Å²) in [7, 11) is 1.93. The number of carbonyl (C=O) groups excluding carboxylic acids is 1. The van der Waals surface area contributed by atoms with Gasteiger partial charge in [0.05, 0.1) is 12.6 Å². The minimum absolute atomic E-state index is 0.0778. The molecule has 0 fully saturated rings. The number of fused-ring (bicyclic) bond motifs is 1. The number of aromatic nitrogens is 2. The SMILES string of the molecule is CN(C(=O)c1cccc(Cn2cccn2)c1)C1CCCc2ccccc21. The molecule has 1 heterocycles. The van der Waals surface area contributed by atoms with Gasteiger partial charge in [0.2, 0.25) is 0 Å². The maximum absolute atomic E-state index is 13.1. The summed E-state index contributed by atoms with van der Waals surface area (Å²) in [5.41, 5.74) is 4.48. The van der Waals surface area contributed by atoms with E-state index in [1.807, 2.05) is 53.2 Å². The van der Waals surface area contributed by atoms with E-state index < -0.39 is 0 Å². The van der Waals surface area contributed by atoms with Gasteiger partial charge in [-0.1, -0.05) is 36.4 Å². The van der Waals surface area contributed by atoms with Crippen molar-refractivity contribution in [2.75, 3.05) is 7.05 Å². The molecule has 0 N–H and O–H groups in total. The fourth-order valence-electron chi connectivity index (χ4n) is 3.86. The Morgan fingerprint density at radius 3 is 2.92 bits per heavy atom. The second-order valence-corrected chi connectivity index (χ2v) is 6.93. The minimum atomic E-state index is 0.0778. The van der Waals surface area contributed by atoms with Gasteiger partial charge in [-0.05, 0) is 54.2 Å². The van der Waals surface area contributed by atoms with Gasteiger partial charge in [0.25, 0.3) is 5.91 Å². The predicted molar refractivity (Wildman–Crippen MR) is 102 cm³/mol. The maximum Gasteiger partial charge on any atom is 0.254 e. The Labute approximate surface area is 154 Å². The van der Waals surface area contributed by atoms with Gasteiger partial charge in [-0.2, -0.15) is 5.10 Å². The smallest absolute Gasteiger partial charge is 0.254 e. The van der Waals surface area contributed by atoms with E-state index in [4.69, 9.17) is 0 Å². The molecular formula is C22H23N3O. The summed E-state index contributed by atoms with van der Waals surface area (Å²) in [5.74, 6) is 0.0778. The van der Waals surface area contributed by atoms with Crippen molar-refractivity contribution in [3.8, 4) is 0 Å². The van der Waals surface area contributed by atoms with E-state index in [9.17, 15) is 4.79 Å². The van der Waals surface area contributed by atoms with E-state index in [0.29, 0.717) is 6.54 Å². The van der Waals surface area contributed by atoms with Crippen molar-refractivity contribution in [2.45, 2.75) is 31.8 Å².